The smallest absolute Gasteiger partial charge is 0.295 e. The Kier molecular flexibility index (Phi) is 7.76. The minimum Gasteiger partial charge on any atom is -0.507 e. The zero-order chi connectivity index (χ0) is 24.1. The predicted octanol–water partition coefficient (Wildman–Crippen LogP) is 3.78. The van der Waals surface area contributed by atoms with Gasteiger partial charge in [0.25, 0.3) is 11.7 Å². The Hall–Kier alpha value is -3.32. The van der Waals surface area contributed by atoms with Gasteiger partial charge in [0.1, 0.15) is 17.3 Å². The monoisotopic (exact) mass is 452 g/mol. The van der Waals surface area contributed by atoms with Crippen LogP contribution >= 0.6 is 0 Å². The van der Waals surface area contributed by atoms with E-state index in [0.717, 1.165) is 12.1 Å². The van der Waals surface area contributed by atoms with Gasteiger partial charge in [-0.3, -0.25) is 9.59 Å². The lowest BCUT2D eigenvalue weighted by atomic mass is 9.93. The predicted molar refractivity (Wildman–Crippen MR) is 128 cm³/mol. The van der Waals surface area contributed by atoms with Gasteiger partial charge in [-0.2, -0.15) is 0 Å². The Labute approximate surface area is 195 Å². The number of rotatable bonds is 9. The van der Waals surface area contributed by atoms with Gasteiger partial charge in [-0.05, 0) is 70.7 Å². The number of hydrogen-bond acceptors (Lipinski definition) is 6. The van der Waals surface area contributed by atoms with Crippen molar-refractivity contribution in [1.29, 1.82) is 0 Å². The molecule has 0 aliphatic carbocycles. The third-order valence-corrected chi connectivity index (χ3v) is 5.75. The van der Waals surface area contributed by atoms with Crippen molar-refractivity contribution in [1.82, 2.24) is 9.80 Å². The van der Waals surface area contributed by atoms with Crippen LogP contribution in [0.1, 0.15) is 36.1 Å². The van der Waals surface area contributed by atoms with Crippen molar-refractivity contribution < 1.29 is 24.2 Å². The average Bonchev–Trinajstić information content (AvgIpc) is 3.04. The Morgan fingerprint density at radius 2 is 1.88 bits per heavy atom. The minimum absolute atomic E-state index is 0.0743. The van der Waals surface area contributed by atoms with Gasteiger partial charge in [0.15, 0.2) is 0 Å². The molecule has 1 fully saturated rings. The van der Waals surface area contributed by atoms with Crippen LogP contribution in [0.15, 0.2) is 48.0 Å². The van der Waals surface area contributed by atoms with Crippen LogP contribution in [-0.4, -0.2) is 67.5 Å². The Bertz CT molecular complexity index is 1060. The minimum atomic E-state index is -0.739. The second-order valence-electron chi connectivity index (χ2n) is 8.30. The summed E-state index contributed by atoms with van der Waals surface area (Å²) in [5.41, 5.74) is 1.98. The van der Waals surface area contributed by atoms with Gasteiger partial charge < -0.3 is 24.4 Å². The van der Waals surface area contributed by atoms with Crippen molar-refractivity contribution in [3.05, 3.63) is 64.7 Å². The van der Waals surface area contributed by atoms with E-state index in [1.54, 1.807) is 30.2 Å². The summed E-state index contributed by atoms with van der Waals surface area (Å²) in [5.74, 6) is -0.269. The van der Waals surface area contributed by atoms with Crippen LogP contribution in [0.5, 0.6) is 11.5 Å². The van der Waals surface area contributed by atoms with E-state index < -0.39 is 17.7 Å². The van der Waals surface area contributed by atoms with Gasteiger partial charge in [-0.15, -0.1) is 0 Å². The molecule has 7 heteroatoms. The van der Waals surface area contributed by atoms with E-state index in [1.165, 1.54) is 0 Å². The lowest BCUT2D eigenvalue weighted by Gasteiger charge is -2.27. The summed E-state index contributed by atoms with van der Waals surface area (Å²) in [5, 5.41) is 11.3. The molecule has 1 aliphatic heterocycles. The number of ether oxygens (including phenoxy) is 2. The van der Waals surface area contributed by atoms with Crippen LogP contribution in [0, 0.1) is 6.92 Å². The summed E-state index contributed by atoms with van der Waals surface area (Å²) in [4.78, 5) is 29.9. The van der Waals surface area contributed by atoms with E-state index in [9.17, 15) is 14.7 Å². The number of benzene rings is 2. The standard InChI is InChI=1S/C26H32N2O5/c1-6-33-21-11-8-7-10-20(21)23-22(24(29)19-13-12-18(32-5)16-17(19)2)25(30)26(31)28(23)15-9-14-27(3)4/h7-8,10-13,16,23,29H,6,9,14-15H2,1-5H3/t23-/m1/s1. The second-order valence-corrected chi connectivity index (χ2v) is 8.30. The summed E-state index contributed by atoms with van der Waals surface area (Å²) < 4.78 is 11.1. The fourth-order valence-corrected chi connectivity index (χ4v) is 4.16. The zero-order valence-electron chi connectivity index (χ0n) is 19.9. The summed E-state index contributed by atoms with van der Waals surface area (Å²) in [7, 11) is 5.49. The maximum absolute atomic E-state index is 13.2. The van der Waals surface area contributed by atoms with E-state index in [-0.39, 0.29) is 11.3 Å². The number of carbonyl (C=O) groups excluding carboxylic acids is 2. The van der Waals surface area contributed by atoms with Crippen LogP contribution in [0.3, 0.4) is 0 Å². The molecule has 2 aromatic carbocycles. The molecule has 1 amide bonds. The van der Waals surface area contributed by atoms with E-state index in [4.69, 9.17) is 9.47 Å². The summed E-state index contributed by atoms with van der Waals surface area (Å²) in [6.07, 6.45) is 0.689. The fraction of sp³-hybridized carbons (Fsp3) is 0.385. The number of aliphatic hydroxyl groups is 1. The van der Waals surface area contributed by atoms with E-state index in [1.807, 2.05) is 57.1 Å². The molecule has 0 bridgehead atoms. The molecule has 0 saturated carbocycles. The molecular formula is C26H32N2O5. The van der Waals surface area contributed by atoms with Crippen LogP contribution in [0.4, 0.5) is 0 Å². The van der Waals surface area contributed by atoms with Gasteiger partial charge >= 0.3 is 0 Å². The second kappa shape index (κ2) is 10.5. The molecule has 1 heterocycles. The van der Waals surface area contributed by atoms with Crippen LogP contribution in [0.2, 0.25) is 0 Å². The third kappa shape index (κ3) is 5.03. The maximum Gasteiger partial charge on any atom is 0.295 e. The number of Topliss-reactive ketones (excluding diaryl/α,β-unsaturated/α-hetero) is 1. The van der Waals surface area contributed by atoms with Crippen LogP contribution in [-0.2, 0) is 9.59 Å². The van der Waals surface area contributed by atoms with Crippen molar-refractivity contribution in [2.75, 3.05) is 40.9 Å². The molecule has 2 aromatic rings. The highest BCUT2D eigenvalue weighted by Gasteiger charge is 2.46. The largest absolute Gasteiger partial charge is 0.507 e. The van der Waals surface area contributed by atoms with E-state index >= 15 is 0 Å². The first-order valence-electron chi connectivity index (χ1n) is 11.1. The van der Waals surface area contributed by atoms with E-state index in [2.05, 4.69) is 0 Å². The van der Waals surface area contributed by atoms with Gasteiger partial charge in [0.2, 0.25) is 0 Å². The van der Waals surface area contributed by atoms with Crippen LogP contribution in [0.25, 0.3) is 5.76 Å². The molecule has 1 atom stereocenters. The number of nitrogens with zero attached hydrogens (tertiary/aromatic N) is 2. The molecule has 0 aromatic heterocycles. The molecule has 3 rings (SSSR count). The highest BCUT2D eigenvalue weighted by Crippen LogP contribution is 2.43. The van der Waals surface area contributed by atoms with Crippen molar-refractivity contribution in [2.45, 2.75) is 26.3 Å². The van der Waals surface area contributed by atoms with Crippen molar-refractivity contribution in [3.63, 3.8) is 0 Å². The molecule has 0 spiro atoms. The molecule has 33 heavy (non-hydrogen) atoms. The Morgan fingerprint density at radius 3 is 2.52 bits per heavy atom. The fourth-order valence-electron chi connectivity index (χ4n) is 4.16. The quantitative estimate of drug-likeness (QED) is 0.354. The first-order valence-corrected chi connectivity index (χ1v) is 11.1. The van der Waals surface area contributed by atoms with E-state index in [0.29, 0.717) is 42.2 Å². The Morgan fingerprint density at radius 1 is 1.15 bits per heavy atom. The maximum atomic E-state index is 13.2. The first-order chi connectivity index (χ1) is 15.8. The lowest BCUT2D eigenvalue weighted by Crippen LogP contribution is -2.32. The Balaban J connectivity index is 2.17. The SMILES string of the molecule is CCOc1ccccc1[C@@H]1C(=C(O)c2ccc(OC)cc2C)C(=O)C(=O)N1CCCN(C)C. The van der Waals surface area contributed by atoms with Gasteiger partial charge in [0, 0.05) is 17.7 Å². The number of hydrogen-bond donors (Lipinski definition) is 1. The number of aryl methyl sites for hydroxylation is 1. The third-order valence-electron chi connectivity index (χ3n) is 5.75. The van der Waals surface area contributed by atoms with Crippen molar-refractivity contribution in [2.24, 2.45) is 0 Å². The average molecular weight is 453 g/mol. The summed E-state index contributed by atoms with van der Waals surface area (Å²) in [6.45, 7) is 5.29. The lowest BCUT2D eigenvalue weighted by molar-refractivity contribution is -0.140. The normalized spacial score (nSPS) is 17.6. The van der Waals surface area contributed by atoms with Crippen molar-refractivity contribution >= 4 is 17.4 Å². The molecule has 1 aliphatic rings. The topological polar surface area (TPSA) is 79.3 Å². The molecule has 1 N–H and O–H groups in total. The number of methoxy groups -OCH3 is 1. The summed E-state index contributed by atoms with van der Waals surface area (Å²) >= 11 is 0. The highest BCUT2D eigenvalue weighted by atomic mass is 16.5. The molecule has 7 nitrogen and oxygen atoms in total. The number of amides is 1. The molecule has 0 unspecified atom stereocenters. The first kappa shape index (κ1) is 24.3. The number of carbonyl (C=O) groups is 2. The molecular weight excluding hydrogens is 420 g/mol. The number of para-hydroxylation sites is 1. The van der Waals surface area contributed by atoms with Gasteiger partial charge in [0.05, 0.1) is 25.3 Å². The zero-order valence-corrected chi connectivity index (χ0v) is 19.9. The number of aliphatic hydroxyl groups excluding tert-OH is 1. The number of likely N-dealkylation sites (tertiary alicyclic amines) is 1. The van der Waals surface area contributed by atoms with Gasteiger partial charge in [-0.25, -0.2) is 0 Å². The molecule has 176 valence electrons. The molecule has 1 saturated heterocycles. The molecule has 0 radical (unpaired) electrons. The summed E-state index contributed by atoms with van der Waals surface area (Å²) in [6, 6.07) is 11.8. The number of ketones is 1. The van der Waals surface area contributed by atoms with Crippen LogP contribution < -0.4 is 9.47 Å². The highest BCUT2D eigenvalue weighted by molar-refractivity contribution is 6.46. The van der Waals surface area contributed by atoms with Gasteiger partial charge in [-0.1, -0.05) is 18.2 Å². The van der Waals surface area contributed by atoms with Crippen molar-refractivity contribution in [3.8, 4) is 11.5 Å².